The van der Waals surface area contributed by atoms with Gasteiger partial charge >= 0.3 is 7.60 Å². The number of hydrogen-bond acceptors (Lipinski definition) is 8. The van der Waals surface area contributed by atoms with Crippen molar-refractivity contribution in [2.45, 2.75) is 44.7 Å². The minimum Gasteiger partial charge on any atom is -0.496 e. The summed E-state index contributed by atoms with van der Waals surface area (Å²) in [5.74, 6) is 0.220. The fourth-order valence-electron chi connectivity index (χ4n) is 4.93. The van der Waals surface area contributed by atoms with E-state index in [9.17, 15) is 28.6 Å². The molecule has 0 unspecified atom stereocenters. The summed E-state index contributed by atoms with van der Waals surface area (Å²) in [4.78, 5) is 33.9. The normalized spacial score (nSPS) is 15.5. The van der Waals surface area contributed by atoms with Gasteiger partial charge in [-0.2, -0.15) is 5.26 Å². The molecule has 4 N–H and O–H groups in total. The molecule has 0 saturated heterocycles. The van der Waals surface area contributed by atoms with Crippen molar-refractivity contribution in [3.63, 3.8) is 0 Å². The first kappa shape index (κ1) is 31.8. The van der Waals surface area contributed by atoms with E-state index in [0.29, 0.717) is 39.6 Å². The zero-order valence-corrected chi connectivity index (χ0v) is 25.2. The molecule has 11 nitrogen and oxygen atoms in total. The number of ether oxygens (including phenoxy) is 3. The van der Waals surface area contributed by atoms with Crippen LogP contribution in [0.2, 0.25) is 0 Å². The van der Waals surface area contributed by atoms with Crippen LogP contribution < -0.4 is 24.4 Å². The molecule has 1 amide bonds. The lowest BCUT2D eigenvalue weighted by molar-refractivity contribution is -0.121. The fraction of sp³-hybridized carbons (Fsp3) is 0.333. The number of carbonyl (C=O) groups excluding carboxylic acids is 1. The van der Waals surface area contributed by atoms with Crippen molar-refractivity contribution in [1.29, 1.82) is 5.26 Å². The third-order valence-electron chi connectivity index (χ3n) is 7.24. The molecule has 1 aliphatic heterocycles. The Bertz CT molecular complexity index is 1630. The van der Waals surface area contributed by atoms with E-state index in [1.165, 1.54) is 31.4 Å². The smallest absolute Gasteiger partial charge is 0.335 e. The van der Waals surface area contributed by atoms with Crippen LogP contribution in [0.4, 0.5) is 15.8 Å². The number of likely N-dealkylation sites (N-methyl/N-ethyl adjacent to an activating group) is 1. The van der Waals surface area contributed by atoms with Crippen LogP contribution in [0.1, 0.15) is 25.0 Å². The molecule has 43 heavy (non-hydrogen) atoms. The standard InChI is InChI=1S/C30H33FN3O8P/c1-17-6-7-18(31)12-25(17)42-15-22-20(10-11-23-28(22)34(4)29(36)30(2,3)33-23)21-9-8-19(13-26(21)40-5)41-16-27(24(35)14-32)43(37,38)39/h6-13,24,27,33,35H,15-16H2,1-5H3,(H2,37,38,39)/t24-,27-/m0/s1. The van der Waals surface area contributed by atoms with Crippen LogP contribution in [-0.2, 0) is 16.0 Å². The molecule has 228 valence electrons. The molecule has 3 aromatic carbocycles. The van der Waals surface area contributed by atoms with Crippen molar-refractivity contribution >= 4 is 24.9 Å². The minimum atomic E-state index is -4.84. The number of aryl methyl sites for hydroxylation is 1. The summed E-state index contributed by atoms with van der Waals surface area (Å²) in [7, 11) is -1.74. The first-order valence-electron chi connectivity index (χ1n) is 13.2. The first-order chi connectivity index (χ1) is 20.2. The summed E-state index contributed by atoms with van der Waals surface area (Å²) in [6, 6.07) is 14.1. The quantitative estimate of drug-likeness (QED) is 0.191. The summed E-state index contributed by atoms with van der Waals surface area (Å²) < 4.78 is 43.1. The molecule has 1 heterocycles. The van der Waals surface area contributed by atoms with Crippen molar-refractivity contribution in [3.8, 4) is 34.4 Å². The number of nitrogens with zero attached hydrogens (tertiary/aromatic N) is 2. The summed E-state index contributed by atoms with van der Waals surface area (Å²) >= 11 is 0. The van der Waals surface area contributed by atoms with Gasteiger partial charge in [0.05, 0.1) is 24.6 Å². The average molecular weight is 614 g/mol. The largest absolute Gasteiger partial charge is 0.496 e. The van der Waals surface area contributed by atoms with Gasteiger partial charge in [0.2, 0.25) is 0 Å². The molecule has 1 aliphatic rings. The fourth-order valence-corrected chi connectivity index (χ4v) is 5.64. The Hall–Kier alpha value is -4.14. The predicted molar refractivity (Wildman–Crippen MR) is 158 cm³/mol. The van der Waals surface area contributed by atoms with Crippen LogP contribution in [0.15, 0.2) is 48.5 Å². The maximum absolute atomic E-state index is 14.0. The summed E-state index contributed by atoms with van der Waals surface area (Å²) in [5, 5.41) is 22.0. The highest BCUT2D eigenvalue weighted by Crippen LogP contribution is 2.46. The van der Waals surface area contributed by atoms with Crippen molar-refractivity contribution in [2.24, 2.45) is 0 Å². The topological polar surface area (TPSA) is 162 Å². The molecule has 0 spiro atoms. The van der Waals surface area contributed by atoms with E-state index in [1.807, 2.05) is 12.1 Å². The molecule has 13 heteroatoms. The maximum Gasteiger partial charge on any atom is 0.335 e. The van der Waals surface area contributed by atoms with E-state index >= 15 is 0 Å². The molecule has 0 bridgehead atoms. The molecule has 0 radical (unpaired) electrons. The Labute approximate surface area is 248 Å². The van der Waals surface area contributed by atoms with Crippen LogP contribution in [-0.4, -0.2) is 58.9 Å². The minimum absolute atomic E-state index is 0.0278. The van der Waals surface area contributed by atoms with Gasteiger partial charge in [0.15, 0.2) is 6.10 Å². The predicted octanol–water partition coefficient (Wildman–Crippen LogP) is 4.37. The number of aliphatic hydroxyl groups is 1. The second kappa shape index (κ2) is 12.2. The van der Waals surface area contributed by atoms with Crippen molar-refractivity contribution < 1.29 is 42.9 Å². The molecular formula is C30H33FN3O8P. The van der Waals surface area contributed by atoms with Crippen molar-refractivity contribution in [3.05, 3.63) is 65.5 Å². The van der Waals surface area contributed by atoms with Crippen LogP contribution in [0, 0.1) is 24.1 Å². The Morgan fingerprint density at radius 3 is 2.44 bits per heavy atom. The number of amides is 1. The average Bonchev–Trinajstić information content (AvgIpc) is 2.95. The highest BCUT2D eigenvalue weighted by molar-refractivity contribution is 7.52. The van der Waals surface area contributed by atoms with E-state index < -0.39 is 37.3 Å². The summed E-state index contributed by atoms with van der Waals surface area (Å²) in [6.07, 6.45) is -1.93. The lowest BCUT2D eigenvalue weighted by Crippen LogP contribution is -2.52. The number of aliphatic hydroxyl groups excluding tert-OH is 1. The number of nitrogens with one attached hydrogen (secondary N) is 1. The third kappa shape index (κ3) is 6.60. The van der Waals surface area contributed by atoms with E-state index in [0.717, 1.165) is 5.56 Å². The first-order valence-corrected chi connectivity index (χ1v) is 14.9. The van der Waals surface area contributed by atoms with E-state index in [4.69, 9.17) is 19.5 Å². The number of fused-ring (bicyclic) bond motifs is 1. The van der Waals surface area contributed by atoms with Gasteiger partial charge in [-0.1, -0.05) is 12.1 Å². The molecule has 3 aromatic rings. The van der Waals surface area contributed by atoms with E-state index in [1.54, 1.807) is 50.9 Å². The van der Waals surface area contributed by atoms with Gasteiger partial charge < -0.3 is 39.3 Å². The van der Waals surface area contributed by atoms with Gasteiger partial charge in [0.25, 0.3) is 5.91 Å². The zero-order valence-electron chi connectivity index (χ0n) is 24.3. The molecule has 0 aromatic heterocycles. The maximum atomic E-state index is 14.0. The second-order valence-corrected chi connectivity index (χ2v) is 12.5. The van der Waals surface area contributed by atoms with E-state index in [2.05, 4.69) is 5.32 Å². The SMILES string of the molecule is COc1cc(OC[C@@H]([C@@H](O)C#N)P(=O)(O)O)ccc1-c1ccc2c(c1COc1cc(F)ccc1C)N(C)C(=O)C(C)(C)N2. The molecule has 2 atom stereocenters. The Morgan fingerprint density at radius 2 is 1.79 bits per heavy atom. The van der Waals surface area contributed by atoms with Crippen LogP contribution >= 0.6 is 7.60 Å². The molecule has 0 fully saturated rings. The zero-order chi connectivity index (χ0) is 31.7. The highest BCUT2D eigenvalue weighted by atomic mass is 31.2. The van der Waals surface area contributed by atoms with Crippen LogP contribution in [0.25, 0.3) is 11.1 Å². The molecule has 0 aliphatic carbocycles. The van der Waals surface area contributed by atoms with Crippen LogP contribution in [0.3, 0.4) is 0 Å². The number of methoxy groups -OCH3 is 1. The summed E-state index contributed by atoms with van der Waals surface area (Å²) in [6.45, 7) is 4.71. The Kier molecular flexibility index (Phi) is 9.04. The van der Waals surface area contributed by atoms with E-state index in [-0.39, 0.29) is 18.3 Å². The second-order valence-electron chi connectivity index (χ2n) is 10.7. The Morgan fingerprint density at radius 1 is 1.09 bits per heavy atom. The lowest BCUT2D eigenvalue weighted by Gasteiger charge is -2.39. The van der Waals surface area contributed by atoms with Gasteiger partial charge in [-0.25, -0.2) is 4.39 Å². The lowest BCUT2D eigenvalue weighted by atomic mass is 9.91. The van der Waals surface area contributed by atoms with Crippen LogP contribution in [0.5, 0.6) is 17.2 Å². The van der Waals surface area contributed by atoms with Gasteiger partial charge in [0, 0.05) is 30.3 Å². The third-order valence-corrected chi connectivity index (χ3v) is 8.54. The summed E-state index contributed by atoms with van der Waals surface area (Å²) in [5.41, 5.74) is 1.24. The number of rotatable bonds is 10. The van der Waals surface area contributed by atoms with Gasteiger partial charge in [-0.3, -0.25) is 9.36 Å². The number of nitriles is 1. The number of anilines is 2. The molecule has 0 saturated carbocycles. The van der Waals surface area contributed by atoms with Gasteiger partial charge in [0.1, 0.15) is 47.5 Å². The number of benzene rings is 3. The van der Waals surface area contributed by atoms with Gasteiger partial charge in [-0.05, 0) is 56.2 Å². The number of carbonyl (C=O) groups is 1. The van der Waals surface area contributed by atoms with Crippen molar-refractivity contribution in [1.82, 2.24) is 0 Å². The monoisotopic (exact) mass is 613 g/mol. The molecule has 4 rings (SSSR count). The van der Waals surface area contributed by atoms with Gasteiger partial charge in [-0.15, -0.1) is 0 Å². The number of hydrogen-bond donors (Lipinski definition) is 4. The highest BCUT2D eigenvalue weighted by Gasteiger charge is 2.39. The molecular weight excluding hydrogens is 580 g/mol. The Balaban J connectivity index is 1.77. The van der Waals surface area contributed by atoms with Crippen molar-refractivity contribution in [2.75, 3.05) is 31.0 Å². The number of halogens is 1.